The maximum Gasteiger partial charge on any atom is 1.00 e. The number of carboxylic acids is 1. The molecule has 102 valence electrons. The fraction of sp³-hybridized carbons (Fsp3) is 0.429. The van der Waals surface area contributed by atoms with E-state index in [0.717, 1.165) is 5.56 Å². The number of amides is 1. The molecule has 20 heavy (non-hydrogen) atoms. The molecule has 1 aliphatic rings. The van der Waals surface area contributed by atoms with Crippen LogP contribution in [0.5, 0.6) is 0 Å². The zero-order valence-corrected chi connectivity index (χ0v) is 14.1. The fourth-order valence-electron chi connectivity index (χ4n) is 2.46. The Kier molecular flexibility index (Phi) is 5.77. The van der Waals surface area contributed by atoms with Crippen molar-refractivity contribution in [3.63, 3.8) is 0 Å². The number of carbonyl (C=O) groups excluding carboxylic acids is 1. The van der Waals surface area contributed by atoms with E-state index in [-0.39, 0.29) is 42.0 Å². The smallest absolute Gasteiger partial charge is 0.480 e. The van der Waals surface area contributed by atoms with Crippen LogP contribution in [-0.2, 0) is 16.0 Å². The van der Waals surface area contributed by atoms with Gasteiger partial charge < -0.3 is 10.0 Å². The second kappa shape index (κ2) is 6.72. The first-order valence-electron chi connectivity index (χ1n) is 6.26. The van der Waals surface area contributed by atoms with Gasteiger partial charge in [-0.25, -0.2) is 4.79 Å². The molecule has 1 aromatic carbocycles. The van der Waals surface area contributed by atoms with E-state index in [0.29, 0.717) is 6.42 Å². The Morgan fingerprint density at radius 3 is 2.45 bits per heavy atom. The maximum atomic E-state index is 11.9. The van der Waals surface area contributed by atoms with E-state index in [4.69, 9.17) is 0 Å². The molecule has 1 amide bonds. The molecule has 1 fully saturated rings. The van der Waals surface area contributed by atoms with Crippen molar-refractivity contribution in [2.24, 2.45) is 0 Å². The SMILES string of the molecule is CC1(C)NCC(=O)N1C(Cc1ccccc1)C(=O)O.[Na+]. The number of nitrogens with zero attached hydrogens (tertiary/aromatic N) is 1. The van der Waals surface area contributed by atoms with Crippen molar-refractivity contribution < 1.29 is 44.3 Å². The summed E-state index contributed by atoms with van der Waals surface area (Å²) in [5.74, 6) is -1.15. The number of aliphatic carboxylic acids is 1. The fourth-order valence-corrected chi connectivity index (χ4v) is 2.46. The van der Waals surface area contributed by atoms with Crippen LogP contribution in [0.15, 0.2) is 30.3 Å². The van der Waals surface area contributed by atoms with Crippen LogP contribution >= 0.6 is 0 Å². The molecule has 1 heterocycles. The zero-order chi connectivity index (χ0) is 14.0. The first-order valence-corrected chi connectivity index (χ1v) is 6.26. The Labute approximate surface area is 140 Å². The minimum Gasteiger partial charge on any atom is -0.480 e. The molecule has 6 heteroatoms. The number of hydrogen-bond acceptors (Lipinski definition) is 3. The Morgan fingerprint density at radius 1 is 1.40 bits per heavy atom. The molecular weight excluding hydrogens is 267 g/mol. The zero-order valence-electron chi connectivity index (χ0n) is 12.1. The third-order valence-electron chi connectivity index (χ3n) is 3.41. The molecule has 0 aromatic heterocycles. The van der Waals surface area contributed by atoms with Crippen LogP contribution in [0.1, 0.15) is 19.4 Å². The molecular formula is C14H18N2NaO3+. The molecule has 0 spiro atoms. The molecule has 0 aliphatic carbocycles. The summed E-state index contributed by atoms with van der Waals surface area (Å²) in [4.78, 5) is 24.9. The monoisotopic (exact) mass is 285 g/mol. The van der Waals surface area contributed by atoms with Crippen molar-refractivity contribution in [3.8, 4) is 0 Å². The van der Waals surface area contributed by atoms with Crippen LogP contribution in [0.4, 0.5) is 0 Å². The third-order valence-corrected chi connectivity index (χ3v) is 3.41. The molecule has 0 radical (unpaired) electrons. The van der Waals surface area contributed by atoms with Gasteiger partial charge in [0.1, 0.15) is 6.04 Å². The summed E-state index contributed by atoms with van der Waals surface area (Å²) in [6.45, 7) is 3.82. The molecule has 1 saturated heterocycles. The average Bonchev–Trinajstić information content (AvgIpc) is 2.62. The second-order valence-corrected chi connectivity index (χ2v) is 5.22. The predicted octanol–water partition coefficient (Wildman–Crippen LogP) is -2.15. The summed E-state index contributed by atoms with van der Waals surface area (Å²) < 4.78 is 0. The molecule has 1 unspecified atom stereocenters. The number of rotatable bonds is 4. The van der Waals surface area contributed by atoms with E-state index in [9.17, 15) is 14.7 Å². The van der Waals surface area contributed by atoms with Crippen molar-refractivity contribution in [1.29, 1.82) is 0 Å². The van der Waals surface area contributed by atoms with Gasteiger partial charge in [0.25, 0.3) is 0 Å². The van der Waals surface area contributed by atoms with Gasteiger partial charge in [-0.2, -0.15) is 0 Å². The second-order valence-electron chi connectivity index (χ2n) is 5.22. The molecule has 1 atom stereocenters. The van der Waals surface area contributed by atoms with Gasteiger partial charge in [-0.3, -0.25) is 10.1 Å². The van der Waals surface area contributed by atoms with Gasteiger partial charge in [0, 0.05) is 6.42 Å². The number of benzene rings is 1. The molecule has 2 N–H and O–H groups in total. The van der Waals surface area contributed by atoms with Gasteiger partial charge in [-0.05, 0) is 19.4 Å². The summed E-state index contributed by atoms with van der Waals surface area (Å²) in [6.07, 6.45) is 0.313. The topological polar surface area (TPSA) is 69.6 Å². The number of hydrogen-bond donors (Lipinski definition) is 2. The normalized spacial score (nSPS) is 18.5. The van der Waals surface area contributed by atoms with Gasteiger partial charge in [0.15, 0.2) is 0 Å². The number of carbonyl (C=O) groups is 2. The van der Waals surface area contributed by atoms with Crippen molar-refractivity contribution in [3.05, 3.63) is 35.9 Å². The minimum absolute atomic E-state index is 0. The molecule has 1 aromatic rings. The Morgan fingerprint density at radius 2 is 2.00 bits per heavy atom. The minimum atomic E-state index is -0.978. The first kappa shape index (κ1) is 17.2. The van der Waals surface area contributed by atoms with Gasteiger partial charge >= 0.3 is 35.5 Å². The Balaban J connectivity index is 0.00000200. The van der Waals surface area contributed by atoms with E-state index >= 15 is 0 Å². The summed E-state index contributed by atoms with van der Waals surface area (Å²) >= 11 is 0. The van der Waals surface area contributed by atoms with Crippen LogP contribution in [-0.4, -0.2) is 40.1 Å². The molecule has 5 nitrogen and oxygen atoms in total. The van der Waals surface area contributed by atoms with Crippen LogP contribution in [0.25, 0.3) is 0 Å². The quantitative estimate of drug-likeness (QED) is 0.619. The summed E-state index contributed by atoms with van der Waals surface area (Å²) in [5, 5.41) is 12.5. The summed E-state index contributed by atoms with van der Waals surface area (Å²) in [5.41, 5.74) is 0.278. The number of nitrogens with one attached hydrogen (secondary N) is 1. The van der Waals surface area contributed by atoms with Gasteiger partial charge in [0.05, 0.1) is 12.2 Å². The predicted molar refractivity (Wildman–Crippen MR) is 70.5 cm³/mol. The summed E-state index contributed by atoms with van der Waals surface area (Å²) in [7, 11) is 0. The van der Waals surface area contributed by atoms with Crippen LogP contribution < -0.4 is 34.9 Å². The van der Waals surface area contributed by atoms with E-state index in [2.05, 4.69) is 5.32 Å². The van der Waals surface area contributed by atoms with Crippen molar-refractivity contribution >= 4 is 11.9 Å². The van der Waals surface area contributed by atoms with E-state index in [1.807, 2.05) is 44.2 Å². The maximum absolute atomic E-state index is 11.9. The third kappa shape index (κ3) is 3.61. The van der Waals surface area contributed by atoms with Crippen LogP contribution in [0.3, 0.4) is 0 Å². The average molecular weight is 285 g/mol. The van der Waals surface area contributed by atoms with Crippen molar-refractivity contribution in [2.75, 3.05) is 6.54 Å². The standard InChI is InChI=1S/C14H18N2O3.Na/c1-14(2)15-9-12(17)16(14)11(13(18)19)8-10-6-4-3-5-7-10;/h3-7,11,15H,8-9H2,1-2H3,(H,18,19);/q;+1. The largest absolute Gasteiger partial charge is 1.00 e. The summed E-state index contributed by atoms with van der Waals surface area (Å²) in [6, 6.07) is 8.51. The van der Waals surface area contributed by atoms with Crippen molar-refractivity contribution in [2.45, 2.75) is 32.0 Å². The van der Waals surface area contributed by atoms with Gasteiger partial charge in [-0.15, -0.1) is 0 Å². The molecule has 0 bridgehead atoms. The van der Waals surface area contributed by atoms with E-state index in [1.165, 1.54) is 4.90 Å². The Bertz CT molecular complexity index is 490. The molecule has 2 rings (SSSR count). The molecule has 0 saturated carbocycles. The van der Waals surface area contributed by atoms with Crippen LogP contribution in [0.2, 0.25) is 0 Å². The van der Waals surface area contributed by atoms with E-state index in [1.54, 1.807) is 0 Å². The van der Waals surface area contributed by atoms with E-state index < -0.39 is 17.7 Å². The Hall–Kier alpha value is -0.880. The first-order chi connectivity index (χ1) is 8.92. The van der Waals surface area contributed by atoms with Gasteiger partial charge in [0.2, 0.25) is 5.91 Å². The molecule has 1 aliphatic heterocycles. The van der Waals surface area contributed by atoms with Crippen LogP contribution in [0, 0.1) is 0 Å². The van der Waals surface area contributed by atoms with Crippen molar-refractivity contribution in [1.82, 2.24) is 10.2 Å². The number of carboxylic acid groups (broad SMARTS) is 1. The van der Waals surface area contributed by atoms with Gasteiger partial charge in [-0.1, -0.05) is 30.3 Å².